The van der Waals surface area contributed by atoms with E-state index in [1.807, 2.05) is 15.6 Å². The second-order valence-electron chi connectivity index (χ2n) is 5.17. The van der Waals surface area contributed by atoms with Crippen LogP contribution in [0.2, 0.25) is 0 Å². The highest BCUT2D eigenvalue weighted by Crippen LogP contribution is 2.17. The van der Waals surface area contributed by atoms with Crippen molar-refractivity contribution in [1.29, 1.82) is 0 Å². The number of aromatic amines is 1. The van der Waals surface area contributed by atoms with Gasteiger partial charge in [-0.05, 0) is 18.6 Å². The molecule has 0 atom stereocenters. The lowest BCUT2D eigenvalue weighted by Gasteiger charge is -2.19. The van der Waals surface area contributed by atoms with Gasteiger partial charge in [-0.2, -0.15) is 0 Å². The van der Waals surface area contributed by atoms with Gasteiger partial charge in [0.2, 0.25) is 0 Å². The highest BCUT2D eigenvalue weighted by atomic mass is 16.5. The Kier molecular flexibility index (Phi) is 4.34. The van der Waals surface area contributed by atoms with Crippen molar-refractivity contribution in [3.05, 3.63) is 48.1 Å². The highest BCUT2D eigenvalue weighted by Gasteiger charge is 2.24. The molecule has 0 saturated carbocycles. The molecule has 0 aliphatic carbocycles. The zero-order valence-electron chi connectivity index (χ0n) is 12.4. The molecular weight excluding hydrogens is 282 g/mol. The summed E-state index contributed by atoms with van der Waals surface area (Å²) in [6.07, 6.45) is 4.31. The molecule has 1 amide bonds. The zero-order chi connectivity index (χ0) is 15.4. The first-order valence-corrected chi connectivity index (χ1v) is 7.32. The van der Waals surface area contributed by atoms with Crippen LogP contribution < -0.4 is 0 Å². The van der Waals surface area contributed by atoms with E-state index in [0.29, 0.717) is 32.0 Å². The molecule has 3 rings (SSSR count). The summed E-state index contributed by atoms with van der Waals surface area (Å²) in [7, 11) is 0. The average molecular weight is 301 g/mol. The molecule has 2 aromatic heterocycles. The van der Waals surface area contributed by atoms with Crippen LogP contribution in [0.15, 0.2) is 31.0 Å². The van der Waals surface area contributed by atoms with Gasteiger partial charge in [0.1, 0.15) is 11.4 Å². The predicted molar refractivity (Wildman–Crippen MR) is 80.0 cm³/mol. The quantitative estimate of drug-likeness (QED) is 0.668. The zero-order valence-corrected chi connectivity index (χ0v) is 12.4. The third-order valence-corrected chi connectivity index (χ3v) is 3.65. The molecule has 116 valence electrons. The van der Waals surface area contributed by atoms with Gasteiger partial charge >= 0.3 is 0 Å². The van der Waals surface area contributed by atoms with Crippen LogP contribution in [0.4, 0.5) is 0 Å². The van der Waals surface area contributed by atoms with Gasteiger partial charge in [-0.3, -0.25) is 4.79 Å². The van der Waals surface area contributed by atoms with E-state index in [-0.39, 0.29) is 5.91 Å². The van der Waals surface area contributed by atoms with E-state index in [4.69, 9.17) is 4.74 Å². The number of hydrogen-bond donors (Lipinski definition) is 1. The number of H-pyrrole nitrogens is 1. The van der Waals surface area contributed by atoms with Gasteiger partial charge in [0, 0.05) is 19.3 Å². The fourth-order valence-corrected chi connectivity index (χ4v) is 2.55. The predicted octanol–water partition coefficient (Wildman–Crippen LogP) is 1.35. The molecule has 0 saturated heterocycles. The maximum Gasteiger partial charge on any atom is 0.270 e. The van der Waals surface area contributed by atoms with Crippen LogP contribution in [0.25, 0.3) is 0 Å². The number of nitrogens with zero attached hydrogens (tertiary/aromatic N) is 4. The molecule has 0 spiro atoms. The Hall–Kier alpha value is -2.41. The average Bonchev–Trinajstić information content (AvgIpc) is 3.13. The first kappa shape index (κ1) is 14.5. The summed E-state index contributed by atoms with van der Waals surface area (Å²) < 4.78 is 7.33. The van der Waals surface area contributed by atoms with Crippen molar-refractivity contribution in [3.63, 3.8) is 0 Å². The monoisotopic (exact) mass is 301 g/mol. The van der Waals surface area contributed by atoms with Crippen LogP contribution in [0.3, 0.4) is 0 Å². The van der Waals surface area contributed by atoms with E-state index < -0.39 is 0 Å². The lowest BCUT2D eigenvalue weighted by molar-refractivity contribution is 0.0738. The SMILES string of the molecule is C=CCOCc1nnn2c1CN(C(=O)c1ccc[nH]1)CCC2. The molecule has 7 nitrogen and oxygen atoms in total. The second-order valence-corrected chi connectivity index (χ2v) is 5.17. The molecule has 0 fully saturated rings. The number of carbonyl (C=O) groups excluding carboxylic acids is 1. The van der Waals surface area contributed by atoms with E-state index in [1.54, 1.807) is 18.3 Å². The summed E-state index contributed by atoms with van der Waals surface area (Å²) in [5, 5.41) is 8.34. The molecular formula is C15H19N5O2. The number of aryl methyl sites for hydroxylation is 1. The maximum absolute atomic E-state index is 12.5. The van der Waals surface area contributed by atoms with E-state index >= 15 is 0 Å². The normalized spacial score (nSPS) is 14.5. The Morgan fingerprint density at radius 1 is 1.50 bits per heavy atom. The van der Waals surface area contributed by atoms with Crippen molar-refractivity contribution in [2.45, 2.75) is 26.1 Å². The minimum Gasteiger partial charge on any atom is -0.371 e. The molecule has 22 heavy (non-hydrogen) atoms. The van der Waals surface area contributed by atoms with Gasteiger partial charge < -0.3 is 14.6 Å². The van der Waals surface area contributed by atoms with Gasteiger partial charge in [-0.25, -0.2) is 4.68 Å². The summed E-state index contributed by atoms with van der Waals surface area (Å²) in [6, 6.07) is 3.61. The van der Waals surface area contributed by atoms with Crippen LogP contribution in [0.1, 0.15) is 28.3 Å². The Labute approximate surface area is 128 Å². The molecule has 0 aromatic carbocycles. The van der Waals surface area contributed by atoms with E-state index in [1.165, 1.54) is 0 Å². The van der Waals surface area contributed by atoms with Gasteiger partial charge in [-0.1, -0.05) is 11.3 Å². The molecule has 0 unspecified atom stereocenters. The fourth-order valence-electron chi connectivity index (χ4n) is 2.55. The van der Waals surface area contributed by atoms with E-state index in [9.17, 15) is 4.79 Å². The van der Waals surface area contributed by atoms with Crippen LogP contribution in [0.5, 0.6) is 0 Å². The minimum absolute atomic E-state index is 0.00221. The highest BCUT2D eigenvalue weighted by molar-refractivity contribution is 5.92. The third-order valence-electron chi connectivity index (χ3n) is 3.65. The number of nitrogens with one attached hydrogen (secondary N) is 1. The van der Waals surface area contributed by atoms with E-state index in [0.717, 1.165) is 24.4 Å². The molecule has 1 aliphatic heterocycles. The Morgan fingerprint density at radius 2 is 2.41 bits per heavy atom. The summed E-state index contributed by atoms with van der Waals surface area (Å²) in [4.78, 5) is 17.3. The lowest BCUT2D eigenvalue weighted by Crippen LogP contribution is -2.31. The van der Waals surface area contributed by atoms with Crippen molar-refractivity contribution in [2.75, 3.05) is 13.2 Å². The number of rotatable bonds is 5. The van der Waals surface area contributed by atoms with Crippen LogP contribution in [-0.2, 0) is 24.4 Å². The second kappa shape index (κ2) is 6.57. The Bertz CT molecular complexity index is 647. The summed E-state index contributed by atoms with van der Waals surface area (Å²) >= 11 is 0. The molecule has 7 heteroatoms. The van der Waals surface area contributed by atoms with Gasteiger partial charge in [0.05, 0.1) is 25.5 Å². The topological polar surface area (TPSA) is 76.0 Å². The molecule has 1 N–H and O–H groups in total. The molecule has 1 aliphatic rings. The number of carbonyl (C=O) groups is 1. The first-order chi connectivity index (χ1) is 10.8. The van der Waals surface area contributed by atoms with Gasteiger partial charge in [0.25, 0.3) is 5.91 Å². The molecule has 2 aromatic rings. The van der Waals surface area contributed by atoms with Crippen LogP contribution in [0, 0.1) is 0 Å². The molecule has 0 radical (unpaired) electrons. The van der Waals surface area contributed by atoms with Gasteiger partial charge in [-0.15, -0.1) is 11.7 Å². The first-order valence-electron chi connectivity index (χ1n) is 7.32. The van der Waals surface area contributed by atoms with Crippen LogP contribution >= 0.6 is 0 Å². The summed E-state index contributed by atoms with van der Waals surface area (Å²) in [5.41, 5.74) is 2.33. The standard InChI is InChI=1S/C15H19N5O2/c1-2-9-22-11-13-14-10-19(7-4-8-20(14)18-17-13)15(21)12-5-3-6-16-12/h2-3,5-6,16H,1,4,7-11H2. The molecule has 0 bridgehead atoms. The maximum atomic E-state index is 12.5. The van der Waals surface area contributed by atoms with Crippen molar-refractivity contribution >= 4 is 5.91 Å². The van der Waals surface area contributed by atoms with Crippen molar-refractivity contribution in [3.8, 4) is 0 Å². The fraction of sp³-hybridized carbons (Fsp3) is 0.400. The lowest BCUT2D eigenvalue weighted by atomic mass is 10.2. The van der Waals surface area contributed by atoms with Crippen molar-refractivity contribution in [2.24, 2.45) is 0 Å². The number of fused-ring (bicyclic) bond motifs is 1. The third kappa shape index (κ3) is 2.94. The van der Waals surface area contributed by atoms with Gasteiger partial charge in [0.15, 0.2) is 0 Å². The molecule has 3 heterocycles. The Morgan fingerprint density at radius 3 is 3.18 bits per heavy atom. The van der Waals surface area contributed by atoms with Crippen molar-refractivity contribution < 1.29 is 9.53 Å². The largest absolute Gasteiger partial charge is 0.371 e. The smallest absolute Gasteiger partial charge is 0.270 e. The number of ether oxygens (including phenoxy) is 1. The van der Waals surface area contributed by atoms with Crippen molar-refractivity contribution in [1.82, 2.24) is 24.9 Å². The minimum atomic E-state index is -0.00221. The van der Waals surface area contributed by atoms with E-state index in [2.05, 4.69) is 21.9 Å². The Balaban J connectivity index is 1.77. The number of hydrogen-bond acceptors (Lipinski definition) is 4. The number of aromatic nitrogens is 4. The summed E-state index contributed by atoms with van der Waals surface area (Å²) in [6.45, 7) is 6.44. The van der Waals surface area contributed by atoms with Crippen LogP contribution in [-0.4, -0.2) is 43.9 Å². The summed E-state index contributed by atoms with van der Waals surface area (Å²) in [5.74, 6) is -0.00221. The number of amides is 1.